The second kappa shape index (κ2) is 5.69. The van der Waals surface area contributed by atoms with E-state index in [1.54, 1.807) is 12.3 Å². The highest BCUT2D eigenvalue weighted by atomic mass is 35.5. The summed E-state index contributed by atoms with van der Waals surface area (Å²) in [7, 11) is 0. The smallest absolute Gasteiger partial charge is 0.165 e. The van der Waals surface area contributed by atoms with Gasteiger partial charge >= 0.3 is 0 Å². The summed E-state index contributed by atoms with van der Waals surface area (Å²) in [5.74, 6) is 0.950. The van der Waals surface area contributed by atoms with Crippen LogP contribution in [0.1, 0.15) is 0 Å². The maximum absolute atomic E-state index is 13.7. The predicted octanol–water partition coefficient (Wildman–Crippen LogP) is 1.57. The SMILES string of the molecule is Nc1ncnc(N2CCN(c3ncccc3F)CC2)c1Cl. The average molecular weight is 309 g/mol. The van der Waals surface area contributed by atoms with E-state index in [9.17, 15) is 4.39 Å². The molecule has 0 unspecified atom stereocenters. The van der Waals surface area contributed by atoms with Crippen molar-refractivity contribution in [3.63, 3.8) is 0 Å². The summed E-state index contributed by atoms with van der Waals surface area (Å²) in [6.45, 7) is 2.58. The average Bonchev–Trinajstić information content (AvgIpc) is 2.51. The van der Waals surface area contributed by atoms with Crippen LogP contribution in [0.2, 0.25) is 5.02 Å². The zero-order valence-corrected chi connectivity index (χ0v) is 12.0. The molecular formula is C13H14ClFN6. The number of nitrogens with zero attached hydrogens (tertiary/aromatic N) is 5. The largest absolute Gasteiger partial charge is 0.382 e. The quantitative estimate of drug-likeness (QED) is 0.908. The van der Waals surface area contributed by atoms with Gasteiger partial charge in [-0.2, -0.15) is 0 Å². The third-order valence-electron chi connectivity index (χ3n) is 3.42. The van der Waals surface area contributed by atoms with E-state index >= 15 is 0 Å². The molecular weight excluding hydrogens is 295 g/mol. The Labute approximate surface area is 126 Å². The molecule has 0 aliphatic carbocycles. The van der Waals surface area contributed by atoms with Crippen molar-refractivity contribution in [2.75, 3.05) is 41.7 Å². The lowest BCUT2D eigenvalue weighted by molar-refractivity contribution is 0.587. The molecule has 3 rings (SSSR count). The Hall–Kier alpha value is -2.15. The first kappa shape index (κ1) is 13.8. The highest BCUT2D eigenvalue weighted by Crippen LogP contribution is 2.28. The number of pyridine rings is 1. The molecule has 0 amide bonds. The summed E-state index contributed by atoms with van der Waals surface area (Å²) < 4.78 is 13.7. The highest BCUT2D eigenvalue weighted by Gasteiger charge is 2.23. The van der Waals surface area contributed by atoms with Crippen LogP contribution in [0.5, 0.6) is 0 Å². The summed E-state index contributed by atoms with van der Waals surface area (Å²) in [5.41, 5.74) is 5.69. The predicted molar refractivity (Wildman–Crippen MR) is 80.1 cm³/mol. The van der Waals surface area contributed by atoms with Crippen molar-refractivity contribution >= 4 is 29.1 Å². The van der Waals surface area contributed by atoms with Crippen molar-refractivity contribution in [3.8, 4) is 0 Å². The van der Waals surface area contributed by atoms with Crippen LogP contribution < -0.4 is 15.5 Å². The maximum atomic E-state index is 13.7. The van der Waals surface area contributed by atoms with Crippen LogP contribution in [0.3, 0.4) is 0 Å². The topological polar surface area (TPSA) is 71.2 Å². The van der Waals surface area contributed by atoms with E-state index < -0.39 is 0 Å². The number of hydrogen-bond donors (Lipinski definition) is 1. The number of anilines is 3. The molecule has 0 saturated carbocycles. The van der Waals surface area contributed by atoms with Crippen molar-refractivity contribution in [1.29, 1.82) is 0 Å². The molecule has 3 heterocycles. The fraction of sp³-hybridized carbons (Fsp3) is 0.308. The van der Waals surface area contributed by atoms with E-state index in [-0.39, 0.29) is 11.6 Å². The Kier molecular flexibility index (Phi) is 3.74. The fourth-order valence-electron chi connectivity index (χ4n) is 2.33. The molecule has 110 valence electrons. The van der Waals surface area contributed by atoms with Crippen LogP contribution in [0.4, 0.5) is 21.8 Å². The minimum Gasteiger partial charge on any atom is -0.382 e. The number of nitrogen functional groups attached to an aromatic ring is 1. The lowest BCUT2D eigenvalue weighted by Crippen LogP contribution is -2.47. The summed E-state index contributed by atoms with van der Waals surface area (Å²) in [4.78, 5) is 16.0. The molecule has 21 heavy (non-hydrogen) atoms. The summed E-state index contributed by atoms with van der Waals surface area (Å²) >= 11 is 6.13. The Morgan fingerprint density at radius 1 is 1.05 bits per heavy atom. The lowest BCUT2D eigenvalue weighted by Gasteiger charge is -2.36. The van der Waals surface area contributed by atoms with E-state index in [2.05, 4.69) is 15.0 Å². The molecule has 2 aromatic rings. The lowest BCUT2D eigenvalue weighted by atomic mass is 10.3. The van der Waals surface area contributed by atoms with Crippen molar-refractivity contribution in [2.45, 2.75) is 0 Å². The molecule has 0 atom stereocenters. The Morgan fingerprint density at radius 2 is 1.71 bits per heavy atom. The molecule has 2 N–H and O–H groups in total. The van der Waals surface area contributed by atoms with Crippen molar-refractivity contribution in [2.24, 2.45) is 0 Å². The second-order valence-electron chi connectivity index (χ2n) is 4.68. The molecule has 0 aromatic carbocycles. The number of halogens is 2. The molecule has 1 fully saturated rings. The van der Waals surface area contributed by atoms with Gasteiger partial charge in [0.05, 0.1) is 0 Å². The number of nitrogens with two attached hydrogens (primary N) is 1. The Bertz CT molecular complexity index is 644. The normalized spacial score (nSPS) is 15.3. The molecule has 0 bridgehead atoms. The van der Waals surface area contributed by atoms with E-state index in [1.165, 1.54) is 12.4 Å². The van der Waals surface area contributed by atoms with Crippen LogP contribution in [0.25, 0.3) is 0 Å². The number of rotatable bonds is 2. The second-order valence-corrected chi connectivity index (χ2v) is 5.06. The summed E-state index contributed by atoms with van der Waals surface area (Å²) in [5, 5.41) is 0.356. The zero-order valence-electron chi connectivity index (χ0n) is 11.2. The highest BCUT2D eigenvalue weighted by molar-refractivity contribution is 6.35. The van der Waals surface area contributed by atoms with Gasteiger partial charge in [-0.15, -0.1) is 0 Å². The van der Waals surface area contributed by atoms with E-state index in [0.717, 1.165) is 0 Å². The van der Waals surface area contributed by atoms with Gasteiger partial charge in [0.15, 0.2) is 17.5 Å². The third kappa shape index (κ3) is 2.69. The fourth-order valence-corrected chi connectivity index (χ4v) is 2.55. The molecule has 1 aliphatic heterocycles. The molecule has 6 nitrogen and oxygen atoms in total. The molecule has 1 aliphatic rings. The standard InChI is InChI=1S/C13H14ClFN6/c14-10-11(16)18-8-19-13(10)21-6-4-20(5-7-21)12-9(15)2-1-3-17-12/h1-3,8H,4-7H2,(H2,16,18,19). The van der Waals surface area contributed by atoms with Gasteiger partial charge in [0.1, 0.15) is 17.2 Å². The van der Waals surface area contributed by atoms with E-state index in [0.29, 0.717) is 42.8 Å². The number of aromatic nitrogens is 3. The van der Waals surface area contributed by atoms with Gasteiger partial charge in [-0.3, -0.25) is 0 Å². The van der Waals surface area contributed by atoms with Crippen molar-refractivity contribution < 1.29 is 4.39 Å². The van der Waals surface area contributed by atoms with Crippen LogP contribution in [0.15, 0.2) is 24.7 Å². The van der Waals surface area contributed by atoms with Gasteiger partial charge in [0.25, 0.3) is 0 Å². The summed E-state index contributed by atoms with van der Waals surface area (Å²) in [6, 6.07) is 3.00. The third-order valence-corrected chi connectivity index (χ3v) is 3.78. The maximum Gasteiger partial charge on any atom is 0.165 e. The molecule has 0 radical (unpaired) electrons. The first-order chi connectivity index (χ1) is 10.2. The molecule has 8 heteroatoms. The zero-order chi connectivity index (χ0) is 14.8. The van der Waals surface area contributed by atoms with E-state index in [1.807, 2.05) is 9.80 Å². The van der Waals surface area contributed by atoms with Gasteiger partial charge in [0.2, 0.25) is 0 Å². The Morgan fingerprint density at radius 3 is 2.38 bits per heavy atom. The van der Waals surface area contributed by atoms with Crippen LogP contribution in [-0.4, -0.2) is 41.1 Å². The van der Waals surface area contributed by atoms with Crippen LogP contribution in [-0.2, 0) is 0 Å². The van der Waals surface area contributed by atoms with Crippen molar-refractivity contribution in [3.05, 3.63) is 35.5 Å². The number of piperazine rings is 1. The van der Waals surface area contributed by atoms with Gasteiger partial charge < -0.3 is 15.5 Å². The first-order valence-electron chi connectivity index (χ1n) is 6.53. The summed E-state index contributed by atoms with van der Waals surface area (Å²) in [6.07, 6.45) is 2.98. The monoisotopic (exact) mass is 308 g/mol. The first-order valence-corrected chi connectivity index (χ1v) is 6.91. The van der Waals surface area contributed by atoms with Gasteiger partial charge in [-0.1, -0.05) is 11.6 Å². The minimum atomic E-state index is -0.310. The minimum absolute atomic E-state index is 0.264. The molecule has 1 saturated heterocycles. The van der Waals surface area contributed by atoms with Crippen LogP contribution in [0, 0.1) is 5.82 Å². The van der Waals surface area contributed by atoms with Gasteiger partial charge in [-0.05, 0) is 12.1 Å². The van der Waals surface area contributed by atoms with Crippen molar-refractivity contribution in [1.82, 2.24) is 15.0 Å². The Balaban J connectivity index is 1.74. The van der Waals surface area contributed by atoms with Gasteiger partial charge in [0, 0.05) is 32.4 Å². The molecule has 2 aromatic heterocycles. The molecule has 0 spiro atoms. The number of hydrogen-bond acceptors (Lipinski definition) is 6. The van der Waals surface area contributed by atoms with Crippen LogP contribution >= 0.6 is 11.6 Å². The van der Waals surface area contributed by atoms with Gasteiger partial charge in [-0.25, -0.2) is 19.3 Å². The van der Waals surface area contributed by atoms with E-state index in [4.69, 9.17) is 17.3 Å².